The highest BCUT2D eigenvalue weighted by atomic mass is 127. The van der Waals surface area contributed by atoms with Gasteiger partial charge in [0.15, 0.2) is 5.96 Å². The molecule has 0 saturated carbocycles. The number of aryl methyl sites for hydroxylation is 1. The van der Waals surface area contributed by atoms with Crippen molar-refractivity contribution in [1.29, 1.82) is 0 Å². The topological polar surface area (TPSA) is 82.7 Å². The van der Waals surface area contributed by atoms with Gasteiger partial charge in [-0.2, -0.15) is 0 Å². The minimum absolute atomic E-state index is 0. The van der Waals surface area contributed by atoms with Gasteiger partial charge in [-0.05, 0) is 26.0 Å². The van der Waals surface area contributed by atoms with Crippen LogP contribution in [-0.4, -0.2) is 35.7 Å². The van der Waals surface area contributed by atoms with Crippen LogP contribution in [-0.2, 0) is 6.54 Å². The molecule has 0 saturated heterocycles. The van der Waals surface area contributed by atoms with E-state index in [0.29, 0.717) is 24.9 Å². The second-order valence-electron chi connectivity index (χ2n) is 4.86. The molecule has 0 unspecified atom stereocenters. The lowest BCUT2D eigenvalue weighted by Crippen LogP contribution is -2.38. The number of nitrogens with zero attached hydrogens (tertiary/aromatic N) is 2. The van der Waals surface area contributed by atoms with E-state index in [1.807, 2.05) is 38.1 Å². The molecule has 1 aromatic carbocycles. The molecule has 6 nitrogen and oxygen atoms in total. The summed E-state index contributed by atoms with van der Waals surface area (Å²) in [7, 11) is 0. The molecule has 0 bridgehead atoms. The highest BCUT2D eigenvalue weighted by Gasteiger charge is 2.06. The Bertz CT molecular complexity index is 611. The summed E-state index contributed by atoms with van der Waals surface area (Å²) >= 11 is 0. The zero-order chi connectivity index (χ0) is 15.8. The summed E-state index contributed by atoms with van der Waals surface area (Å²) in [4.78, 5) is 8.85. The van der Waals surface area contributed by atoms with E-state index in [-0.39, 0.29) is 30.6 Å². The number of aromatic nitrogens is 1. The molecule has 3 N–H and O–H groups in total. The summed E-state index contributed by atoms with van der Waals surface area (Å²) in [6.07, 6.45) is 1.62. The first-order chi connectivity index (χ1) is 10.7. The van der Waals surface area contributed by atoms with Crippen LogP contribution in [0.15, 0.2) is 39.9 Å². The largest absolute Gasteiger partial charge is 0.444 e. The lowest BCUT2D eigenvalue weighted by atomic mass is 10.1. The van der Waals surface area contributed by atoms with Gasteiger partial charge in [-0.25, -0.2) is 9.98 Å². The number of hydrogen-bond donors (Lipinski definition) is 3. The zero-order valence-electron chi connectivity index (χ0n) is 13.4. The van der Waals surface area contributed by atoms with Gasteiger partial charge in [0.25, 0.3) is 0 Å². The molecule has 0 atom stereocenters. The monoisotopic (exact) mass is 430 g/mol. The lowest BCUT2D eigenvalue weighted by molar-refractivity contribution is 0.300. The number of aliphatic imine (C=N–C) groups is 1. The molecule has 0 fully saturated rings. The molecular weight excluding hydrogens is 407 g/mol. The summed E-state index contributed by atoms with van der Waals surface area (Å²) in [5.41, 5.74) is 2.91. The first-order valence-electron chi connectivity index (χ1n) is 7.37. The van der Waals surface area contributed by atoms with E-state index in [2.05, 4.69) is 20.6 Å². The quantitative estimate of drug-likeness (QED) is 0.372. The Morgan fingerprint density at radius 2 is 2.00 bits per heavy atom. The van der Waals surface area contributed by atoms with Gasteiger partial charge in [0.05, 0.1) is 13.2 Å². The second-order valence-corrected chi connectivity index (χ2v) is 4.86. The van der Waals surface area contributed by atoms with E-state index in [1.54, 1.807) is 6.26 Å². The Morgan fingerprint density at radius 1 is 1.26 bits per heavy atom. The first kappa shape index (κ1) is 19.4. The van der Waals surface area contributed by atoms with Crippen molar-refractivity contribution < 1.29 is 9.52 Å². The summed E-state index contributed by atoms with van der Waals surface area (Å²) < 4.78 is 5.50. The molecule has 0 aliphatic carbocycles. The fourth-order valence-electron chi connectivity index (χ4n) is 1.88. The maximum Gasteiger partial charge on any atom is 0.226 e. The van der Waals surface area contributed by atoms with Crippen LogP contribution in [0, 0.1) is 6.92 Å². The van der Waals surface area contributed by atoms with Crippen LogP contribution >= 0.6 is 24.0 Å². The van der Waals surface area contributed by atoms with Crippen molar-refractivity contribution in [1.82, 2.24) is 15.6 Å². The van der Waals surface area contributed by atoms with Crippen molar-refractivity contribution in [2.75, 3.05) is 19.7 Å². The van der Waals surface area contributed by atoms with Crippen molar-refractivity contribution in [3.63, 3.8) is 0 Å². The third-order valence-electron chi connectivity index (χ3n) is 3.00. The van der Waals surface area contributed by atoms with Gasteiger partial charge in [-0.15, -0.1) is 24.0 Å². The molecule has 2 rings (SSSR count). The van der Waals surface area contributed by atoms with Crippen LogP contribution in [0.3, 0.4) is 0 Å². The number of halogens is 1. The molecule has 0 aliphatic heterocycles. The number of rotatable bonds is 6. The number of aliphatic hydroxyl groups is 1. The maximum absolute atomic E-state index is 8.84. The standard InChI is InChI=1S/C16H22N4O2.HI/c1-3-17-16(18-8-9-21)19-10-14-11-22-15(20-14)13-6-4-12(2)5-7-13;/h4-7,11,21H,3,8-10H2,1-2H3,(H2,17,18,19);1H. The highest BCUT2D eigenvalue weighted by molar-refractivity contribution is 14.0. The van der Waals surface area contributed by atoms with Crippen molar-refractivity contribution >= 4 is 29.9 Å². The van der Waals surface area contributed by atoms with Crippen molar-refractivity contribution in [2.45, 2.75) is 20.4 Å². The molecule has 1 heterocycles. The van der Waals surface area contributed by atoms with Crippen LogP contribution in [0.4, 0.5) is 0 Å². The average Bonchev–Trinajstić information content (AvgIpc) is 3.00. The van der Waals surface area contributed by atoms with Crippen molar-refractivity contribution in [3.05, 3.63) is 41.8 Å². The summed E-state index contributed by atoms with van der Waals surface area (Å²) in [6, 6.07) is 8.03. The van der Waals surface area contributed by atoms with Crippen LogP contribution in [0.5, 0.6) is 0 Å². The Hall–Kier alpha value is -1.61. The Morgan fingerprint density at radius 3 is 2.65 bits per heavy atom. The summed E-state index contributed by atoms with van der Waals surface area (Å²) in [6.45, 7) is 5.72. The molecule has 0 aliphatic rings. The van der Waals surface area contributed by atoms with E-state index in [9.17, 15) is 0 Å². The van der Waals surface area contributed by atoms with Crippen molar-refractivity contribution in [3.8, 4) is 11.5 Å². The Labute approximate surface area is 153 Å². The van der Waals surface area contributed by atoms with E-state index in [0.717, 1.165) is 17.8 Å². The fraction of sp³-hybridized carbons (Fsp3) is 0.375. The van der Waals surface area contributed by atoms with Gasteiger partial charge in [-0.3, -0.25) is 0 Å². The molecule has 0 spiro atoms. The number of oxazole rings is 1. The smallest absolute Gasteiger partial charge is 0.226 e. The Balaban J connectivity index is 0.00000264. The zero-order valence-corrected chi connectivity index (χ0v) is 15.7. The van der Waals surface area contributed by atoms with Gasteiger partial charge in [-0.1, -0.05) is 17.7 Å². The van der Waals surface area contributed by atoms with Crippen LogP contribution in [0.1, 0.15) is 18.2 Å². The van der Waals surface area contributed by atoms with E-state index < -0.39 is 0 Å². The molecule has 126 valence electrons. The Kier molecular flexibility index (Phi) is 8.64. The molecule has 2 aromatic rings. The number of hydrogen-bond acceptors (Lipinski definition) is 4. The molecular formula is C16H23IN4O2. The molecule has 7 heteroatoms. The molecule has 0 amide bonds. The lowest BCUT2D eigenvalue weighted by Gasteiger charge is -2.09. The SMILES string of the molecule is CCNC(=NCc1coc(-c2ccc(C)cc2)n1)NCCO.I. The van der Waals surface area contributed by atoms with Crippen LogP contribution < -0.4 is 10.6 Å². The highest BCUT2D eigenvalue weighted by Crippen LogP contribution is 2.19. The van der Waals surface area contributed by atoms with Gasteiger partial charge in [0, 0.05) is 18.7 Å². The van der Waals surface area contributed by atoms with Gasteiger partial charge < -0.3 is 20.2 Å². The number of aliphatic hydroxyl groups excluding tert-OH is 1. The fourth-order valence-corrected chi connectivity index (χ4v) is 1.88. The predicted octanol–water partition coefficient (Wildman–Crippen LogP) is 2.32. The average molecular weight is 430 g/mol. The summed E-state index contributed by atoms with van der Waals surface area (Å²) in [5, 5.41) is 15.0. The number of benzene rings is 1. The van der Waals surface area contributed by atoms with Crippen LogP contribution in [0.25, 0.3) is 11.5 Å². The molecule has 0 radical (unpaired) electrons. The molecule has 23 heavy (non-hydrogen) atoms. The first-order valence-corrected chi connectivity index (χ1v) is 7.37. The van der Waals surface area contributed by atoms with Gasteiger partial charge in [0.2, 0.25) is 5.89 Å². The number of guanidine groups is 1. The van der Waals surface area contributed by atoms with Crippen molar-refractivity contribution in [2.24, 2.45) is 4.99 Å². The predicted molar refractivity (Wildman–Crippen MR) is 102 cm³/mol. The minimum atomic E-state index is 0. The van der Waals surface area contributed by atoms with Gasteiger partial charge in [0.1, 0.15) is 12.0 Å². The summed E-state index contributed by atoms with van der Waals surface area (Å²) in [5.74, 6) is 1.25. The number of nitrogens with one attached hydrogen (secondary N) is 2. The van der Waals surface area contributed by atoms with Gasteiger partial charge >= 0.3 is 0 Å². The van der Waals surface area contributed by atoms with E-state index in [1.165, 1.54) is 5.56 Å². The normalized spacial score (nSPS) is 11.0. The third-order valence-corrected chi connectivity index (χ3v) is 3.00. The van der Waals surface area contributed by atoms with Crippen LogP contribution in [0.2, 0.25) is 0 Å². The minimum Gasteiger partial charge on any atom is -0.444 e. The van der Waals surface area contributed by atoms with E-state index in [4.69, 9.17) is 9.52 Å². The molecule has 1 aromatic heterocycles. The third kappa shape index (κ3) is 6.19. The maximum atomic E-state index is 8.84. The van der Waals surface area contributed by atoms with E-state index >= 15 is 0 Å². The second kappa shape index (κ2) is 10.2.